The lowest BCUT2D eigenvalue weighted by Gasteiger charge is -2.12. The topological polar surface area (TPSA) is 50.4 Å². The molecule has 100 valence electrons. The van der Waals surface area contributed by atoms with E-state index in [-0.39, 0.29) is 12.5 Å². The van der Waals surface area contributed by atoms with Gasteiger partial charge in [-0.1, -0.05) is 19.4 Å². The minimum Gasteiger partial charge on any atom is -0.495 e. The predicted octanol–water partition coefficient (Wildman–Crippen LogP) is 2.33. The van der Waals surface area contributed by atoms with Crippen LogP contribution in [0.1, 0.15) is 25.3 Å². The highest BCUT2D eigenvalue weighted by Gasteiger charge is 2.05. The van der Waals surface area contributed by atoms with E-state index in [4.69, 9.17) is 4.74 Å². The lowest BCUT2D eigenvalue weighted by Crippen LogP contribution is -2.30. The van der Waals surface area contributed by atoms with E-state index >= 15 is 0 Å². The van der Waals surface area contributed by atoms with Gasteiger partial charge < -0.3 is 15.4 Å². The minimum absolute atomic E-state index is 0.00649. The van der Waals surface area contributed by atoms with Gasteiger partial charge >= 0.3 is 0 Å². The first-order valence-electron chi connectivity index (χ1n) is 6.32. The van der Waals surface area contributed by atoms with Crippen LogP contribution < -0.4 is 15.4 Å². The molecule has 1 aromatic carbocycles. The van der Waals surface area contributed by atoms with Crippen LogP contribution >= 0.6 is 0 Å². The molecule has 1 aromatic rings. The number of aryl methyl sites for hydroxylation is 1. The average Bonchev–Trinajstić information content (AvgIpc) is 2.37. The Bertz CT molecular complexity index is 391. The molecule has 0 radical (unpaired) electrons. The zero-order valence-electron chi connectivity index (χ0n) is 11.4. The van der Waals surface area contributed by atoms with Crippen molar-refractivity contribution in [1.29, 1.82) is 0 Å². The maximum atomic E-state index is 11.6. The normalized spacial score (nSPS) is 9.94. The minimum atomic E-state index is 0.00649. The molecule has 2 N–H and O–H groups in total. The number of hydrogen-bond donors (Lipinski definition) is 2. The van der Waals surface area contributed by atoms with E-state index in [1.165, 1.54) is 0 Å². The second-order valence-electron chi connectivity index (χ2n) is 4.26. The van der Waals surface area contributed by atoms with Gasteiger partial charge in [-0.25, -0.2) is 0 Å². The molecule has 0 unspecified atom stereocenters. The fourth-order valence-electron chi connectivity index (χ4n) is 1.60. The van der Waals surface area contributed by atoms with Gasteiger partial charge in [0.2, 0.25) is 5.91 Å². The third kappa shape index (κ3) is 4.65. The SMILES string of the molecule is CCCCNC(=O)CNc1cc(C)ccc1OC. The number of carbonyl (C=O) groups is 1. The summed E-state index contributed by atoms with van der Waals surface area (Å²) in [5, 5.41) is 5.96. The molecule has 0 spiro atoms. The number of carbonyl (C=O) groups excluding carboxylic acids is 1. The predicted molar refractivity (Wildman–Crippen MR) is 74.1 cm³/mol. The summed E-state index contributed by atoms with van der Waals surface area (Å²) in [5.74, 6) is 0.758. The van der Waals surface area contributed by atoms with Crippen LogP contribution in [0.4, 0.5) is 5.69 Å². The summed E-state index contributed by atoms with van der Waals surface area (Å²) in [6.45, 7) is 5.11. The van der Waals surface area contributed by atoms with Crippen molar-refractivity contribution in [2.75, 3.05) is 25.5 Å². The van der Waals surface area contributed by atoms with Gasteiger partial charge in [0.15, 0.2) is 0 Å². The quantitative estimate of drug-likeness (QED) is 0.730. The van der Waals surface area contributed by atoms with Crippen LogP contribution in [0, 0.1) is 6.92 Å². The van der Waals surface area contributed by atoms with Crippen LogP contribution in [0.2, 0.25) is 0 Å². The Morgan fingerprint density at radius 1 is 1.39 bits per heavy atom. The molecule has 0 aliphatic heterocycles. The van der Waals surface area contributed by atoms with E-state index in [0.717, 1.165) is 36.4 Å². The van der Waals surface area contributed by atoms with Crippen LogP contribution in [0.25, 0.3) is 0 Å². The molecule has 0 heterocycles. The van der Waals surface area contributed by atoms with Gasteiger partial charge in [-0.3, -0.25) is 4.79 Å². The molecule has 1 amide bonds. The highest BCUT2D eigenvalue weighted by molar-refractivity contribution is 5.81. The molecule has 0 fully saturated rings. The summed E-state index contributed by atoms with van der Waals surface area (Å²) in [5.41, 5.74) is 1.98. The number of hydrogen-bond acceptors (Lipinski definition) is 3. The lowest BCUT2D eigenvalue weighted by molar-refractivity contribution is -0.119. The highest BCUT2D eigenvalue weighted by atomic mass is 16.5. The summed E-state index contributed by atoms with van der Waals surface area (Å²) in [6.07, 6.45) is 2.10. The number of unbranched alkanes of at least 4 members (excludes halogenated alkanes) is 1. The Hall–Kier alpha value is -1.71. The Balaban J connectivity index is 2.47. The summed E-state index contributed by atoms with van der Waals surface area (Å²) in [4.78, 5) is 11.6. The third-order valence-electron chi connectivity index (χ3n) is 2.65. The van der Waals surface area contributed by atoms with Crippen molar-refractivity contribution in [1.82, 2.24) is 5.32 Å². The third-order valence-corrected chi connectivity index (χ3v) is 2.65. The molecule has 0 aliphatic carbocycles. The molecule has 18 heavy (non-hydrogen) atoms. The number of nitrogens with one attached hydrogen (secondary N) is 2. The van der Waals surface area contributed by atoms with Gasteiger partial charge in [0, 0.05) is 6.54 Å². The van der Waals surface area contributed by atoms with Crippen LogP contribution in [-0.4, -0.2) is 26.1 Å². The molecule has 4 heteroatoms. The van der Waals surface area contributed by atoms with Gasteiger partial charge in [0.1, 0.15) is 5.75 Å². The Morgan fingerprint density at radius 2 is 2.17 bits per heavy atom. The van der Waals surface area contributed by atoms with Crippen molar-refractivity contribution in [2.45, 2.75) is 26.7 Å². The molecule has 4 nitrogen and oxygen atoms in total. The first kappa shape index (κ1) is 14.4. The van der Waals surface area contributed by atoms with E-state index in [0.29, 0.717) is 0 Å². The summed E-state index contributed by atoms with van der Waals surface area (Å²) in [6, 6.07) is 5.84. The molecule has 0 saturated carbocycles. The van der Waals surface area contributed by atoms with Crippen molar-refractivity contribution in [3.05, 3.63) is 23.8 Å². The Labute approximate surface area is 109 Å². The molecule has 0 aliphatic rings. The fraction of sp³-hybridized carbons (Fsp3) is 0.500. The summed E-state index contributed by atoms with van der Waals surface area (Å²) < 4.78 is 5.24. The van der Waals surface area contributed by atoms with Gasteiger partial charge in [-0.15, -0.1) is 0 Å². The highest BCUT2D eigenvalue weighted by Crippen LogP contribution is 2.24. The maximum Gasteiger partial charge on any atom is 0.239 e. The van der Waals surface area contributed by atoms with Gasteiger partial charge in [0.25, 0.3) is 0 Å². The molecular formula is C14H22N2O2. The van der Waals surface area contributed by atoms with Crippen molar-refractivity contribution in [3.8, 4) is 5.75 Å². The maximum absolute atomic E-state index is 11.6. The Kier molecular flexibility index (Phi) is 6.05. The number of amides is 1. The molecule has 0 bridgehead atoms. The van der Waals surface area contributed by atoms with Gasteiger partial charge in [0.05, 0.1) is 19.3 Å². The van der Waals surface area contributed by atoms with Crippen LogP contribution in [-0.2, 0) is 4.79 Å². The zero-order valence-corrected chi connectivity index (χ0v) is 11.4. The van der Waals surface area contributed by atoms with E-state index < -0.39 is 0 Å². The number of benzene rings is 1. The molecule has 0 atom stereocenters. The monoisotopic (exact) mass is 250 g/mol. The number of methoxy groups -OCH3 is 1. The molecule has 0 saturated heterocycles. The van der Waals surface area contributed by atoms with Gasteiger partial charge in [-0.2, -0.15) is 0 Å². The first-order chi connectivity index (χ1) is 8.67. The van der Waals surface area contributed by atoms with Crippen LogP contribution in [0.5, 0.6) is 5.75 Å². The average molecular weight is 250 g/mol. The van der Waals surface area contributed by atoms with E-state index in [2.05, 4.69) is 17.6 Å². The molecular weight excluding hydrogens is 228 g/mol. The van der Waals surface area contributed by atoms with E-state index in [1.807, 2.05) is 25.1 Å². The van der Waals surface area contributed by atoms with Crippen molar-refractivity contribution in [3.63, 3.8) is 0 Å². The molecule has 0 aromatic heterocycles. The summed E-state index contributed by atoms with van der Waals surface area (Å²) >= 11 is 0. The first-order valence-corrected chi connectivity index (χ1v) is 6.32. The largest absolute Gasteiger partial charge is 0.495 e. The zero-order chi connectivity index (χ0) is 13.4. The second kappa shape index (κ2) is 7.58. The number of anilines is 1. The van der Waals surface area contributed by atoms with Crippen molar-refractivity contribution < 1.29 is 9.53 Å². The summed E-state index contributed by atoms with van der Waals surface area (Å²) in [7, 11) is 1.62. The van der Waals surface area contributed by atoms with Crippen LogP contribution in [0.15, 0.2) is 18.2 Å². The number of rotatable bonds is 7. The smallest absolute Gasteiger partial charge is 0.239 e. The Morgan fingerprint density at radius 3 is 2.83 bits per heavy atom. The van der Waals surface area contributed by atoms with E-state index in [1.54, 1.807) is 7.11 Å². The van der Waals surface area contributed by atoms with E-state index in [9.17, 15) is 4.79 Å². The van der Waals surface area contributed by atoms with Crippen molar-refractivity contribution in [2.24, 2.45) is 0 Å². The van der Waals surface area contributed by atoms with Crippen molar-refractivity contribution >= 4 is 11.6 Å². The second-order valence-corrected chi connectivity index (χ2v) is 4.26. The van der Waals surface area contributed by atoms with Crippen LogP contribution in [0.3, 0.4) is 0 Å². The fourth-order valence-corrected chi connectivity index (χ4v) is 1.60. The molecule has 1 rings (SSSR count). The van der Waals surface area contributed by atoms with Gasteiger partial charge in [-0.05, 0) is 31.0 Å². The number of ether oxygens (including phenoxy) is 1. The lowest BCUT2D eigenvalue weighted by atomic mass is 10.2. The standard InChI is InChI=1S/C14H22N2O2/c1-4-5-8-15-14(17)10-16-12-9-11(2)6-7-13(12)18-3/h6-7,9,16H,4-5,8,10H2,1-3H3,(H,15,17).